The number of anilines is 18. The van der Waals surface area contributed by atoms with E-state index in [1.165, 1.54) is 49.8 Å². The first-order valence-electron chi connectivity index (χ1n) is 30.0. The molecule has 13 aromatic carbocycles. The molecule has 6 heterocycles. The van der Waals surface area contributed by atoms with E-state index < -0.39 is 0 Å². The van der Waals surface area contributed by atoms with Crippen molar-refractivity contribution < 1.29 is 4.42 Å². The van der Waals surface area contributed by atoms with Gasteiger partial charge in [0.1, 0.15) is 11.2 Å². The lowest BCUT2D eigenvalue weighted by atomic mass is 9.28. The Morgan fingerprint density at radius 1 is 0.253 bits per heavy atom. The van der Waals surface area contributed by atoms with Crippen LogP contribution >= 0.6 is 0 Å². The van der Waals surface area contributed by atoms with Crippen LogP contribution in [0.3, 0.4) is 0 Å². The lowest BCUT2D eigenvalue weighted by Gasteiger charge is -2.54. The minimum atomic E-state index is -0.245. The molecule has 87 heavy (non-hydrogen) atoms. The van der Waals surface area contributed by atoms with E-state index in [1.54, 1.807) is 0 Å². The van der Waals surface area contributed by atoms with Crippen LogP contribution in [0, 0.1) is 0 Å². The van der Waals surface area contributed by atoms with Gasteiger partial charge in [-0.05, 0) is 160 Å². The van der Waals surface area contributed by atoms with Gasteiger partial charge in [-0.15, -0.1) is 0 Å². The van der Waals surface area contributed by atoms with Gasteiger partial charge in [0.2, 0.25) is 0 Å². The summed E-state index contributed by atoms with van der Waals surface area (Å²) in [6.45, 7) is -0.401. The molecule has 0 radical (unpaired) electrons. The molecule has 7 nitrogen and oxygen atoms in total. The van der Waals surface area contributed by atoms with Gasteiger partial charge in [0.25, 0.3) is 13.4 Å². The van der Waals surface area contributed by atoms with Gasteiger partial charge in [0.05, 0.1) is 22.7 Å². The van der Waals surface area contributed by atoms with Gasteiger partial charge < -0.3 is 33.8 Å². The number of furan rings is 1. The van der Waals surface area contributed by atoms with Crippen molar-refractivity contribution in [2.24, 2.45) is 0 Å². The molecule has 1 aromatic heterocycles. The van der Waals surface area contributed by atoms with Gasteiger partial charge in [0.15, 0.2) is 0 Å². The quantitative estimate of drug-likeness (QED) is 0.133. The van der Waals surface area contributed by atoms with Gasteiger partial charge in [-0.3, -0.25) is 0 Å². The lowest BCUT2D eigenvalue weighted by Crippen LogP contribution is -2.69. The average molecular weight is 1110 g/mol. The number of hydrogen-bond donors (Lipinski definition) is 0. The number of hydrogen-bond acceptors (Lipinski definition) is 7. The molecule has 0 bridgehead atoms. The molecule has 0 saturated carbocycles. The molecule has 0 amide bonds. The topological polar surface area (TPSA) is 32.6 Å². The molecule has 0 N–H and O–H groups in total. The molecule has 0 spiro atoms. The number of benzene rings is 13. The molecule has 0 unspecified atom stereocenters. The largest absolute Gasteiger partial charge is 0.456 e. The van der Waals surface area contributed by atoms with E-state index in [4.69, 9.17) is 4.42 Å². The summed E-state index contributed by atoms with van der Waals surface area (Å²) < 4.78 is 7.16. The van der Waals surface area contributed by atoms with E-state index in [0.29, 0.717) is 0 Å². The molecule has 404 valence electrons. The minimum Gasteiger partial charge on any atom is -0.456 e. The normalized spacial score (nSPS) is 13.4. The van der Waals surface area contributed by atoms with E-state index in [1.807, 2.05) is 0 Å². The van der Waals surface area contributed by atoms with Crippen LogP contribution in [0.4, 0.5) is 102 Å². The summed E-state index contributed by atoms with van der Waals surface area (Å²) in [5.74, 6) is 0. The molecular weight excluding hydrogens is 1060 g/mol. The Hall–Kier alpha value is -11.4. The monoisotopic (exact) mass is 1110 g/mol. The van der Waals surface area contributed by atoms with Gasteiger partial charge in [-0.25, -0.2) is 0 Å². The summed E-state index contributed by atoms with van der Waals surface area (Å²) in [4.78, 5) is 15.2. The van der Waals surface area contributed by atoms with Crippen LogP contribution in [0.15, 0.2) is 308 Å². The Kier molecular flexibility index (Phi) is 10.2. The standard InChI is InChI=1S/C78H50B2N6O/c1-8-25-51(26-9-1)81(52-27-10-2-11-28-52)58-43-45-61-65(47-58)84(56-35-18-6-19-36-56)67-49-68-74-78-73(67)79(61)63-40-24-41-64-76(63)86(78)77-69(83(64)55-33-16-5-17-34-55)50-71-72(60-39-22-23-42-70(60)87-71)75(77)80(74)62-46-44-59(48-66(62)85(68)57-37-20-7-21-38-57)82(53-29-12-3-13-30-53)54-31-14-4-15-32-54/h1-50H. The van der Waals surface area contributed by atoms with Crippen molar-refractivity contribution in [2.75, 3.05) is 29.4 Å². The van der Waals surface area contributed by atoms with Gasteiger partial charge >= 0.3 is 0 Å². The molecule has 5 aliphatic rings. The van der Waals surface area contributed by atoms with Crippen LogP contribution in [-0.4, -0.2) is 13.4 Å². The van der Waals surface area contributed by atoms with E-state index in [-0.39, 0.29) is 13.4 Å². The van der Waals surface area contributed by atoms with Crippen LogP contribution in [0.5, 0.6) is 0 Å². The van der Waals surface area contributed by atoms with Crippen LogP contribution in [0.1, 0.15) is 0 Å². The highest BCUT2D eigenvalue weighted by Gasteiger charge is 2.55. The average Bonchev–Trinajstić information content (AvgIpc) is 1.04. The fourth-order valence-electron chi connectivity index (χ4n) is 15.3. The number of fused-ring (bicyclic) bond motifs is 10. The predicted octanol–water partition coefficient (Wildman–Crippen LogP) is 17.0. The van der Waals surface area contributed by atoms with Gasteiger partial charge in [-0.2, -0.15) is 0 Å². The maximum atomic E-state index is 7.16. The van der Waals surface area contributed by atoms with Crippen molar-refractivity contribution >= 4 is 171 Å². The van der Waals surface area contributed by atoms with E-state index in [2.05, 4.69) is 333 Å². The Labute approximate surface area is 504 Å². The first-order valence-corrected chi connectivity index (χ1v) is 30.0. The first-order chi connectivity index (χ1) is 43.2. The van der Waals surface area contributed by atoms with Crippen molar-refractivity contribution in [2.45, 2.75) is 0 Å². The third-order valence-corrected chi connectivity index (χ3v) is 18.6. The van der Waals surface area contributed by atoms with Gasteiger partial charge in [0, 0.05) is 96.5 Å². The molecule has 0 saturated heterocycles. The molecule has 0 fully saturated rings. The second kappa shape index (κ2) is 18.5. The maximum absolute atomic E-state index is 7.16. The van der Waals surface area contributed by atoms with Gasteiger partial charge in [-0.1, -0.05) is 170 Å². The van der Waals surface area contributed by atoms with Crippen LogP contribution in [0.25, 0.3) is 21.9 Å². The summed E-state index contributed by atoms with van der Waals surface area (Å²) in [5, 5.41) is 2.25. The molecule has 19 rings (SSSR count). The van der Waals surface area contributed by atoms with E-state index >= 15 is 0 Å². The number of nitrogens with zero attached hydrogens (tertiary/aromatic N) is 6. The zero-order valence-electron chi connectivity index (χ0n) is 47.1. The van der Waals surface area contributed by atoms with E-state index in [9.17, 15) is 0 Å². The fourth-order valence-corrected chi connectivity index (χ4v) is 15.3. The Balaban J connectivity index is 0.978. The van der Waals surface area contributed by atoms with E-state index in [0.717, 1.165) is 107 Å². The molecule has 5 aliphatic heterocycles. The smallest absolute Gasteiger partial charge is 0.253 e. The Bertz CT molecular complexity index is 5010. The minimum absolute atomic E-state index is 0.156. The van der Waals surface area contributed by atoms with Crippen LogP contribution in [0.2, 0.25) is 0 Å². The second-order valence-corrected chi connectivity index (χ2v) is 23.1. The number of rotatable bonds is 9. The third kappa shape index (κ3) is 6.85. The van der Waals surface area contributed by atoms with Crippen LogP contribution in [-0.2, 0) is 0 Å². The predicted molar refractivity (Wildman–Crippen MR) is 365 cm³/mol. The van der Waals surface area contributed by atoms with Crippen molar-refractivity contribution in [3.8, 4) is 0 Å². The number of para-hydroxylation sites is 9. The molecule has 9 heteroatoms. The zero-order chi connectivity index (χ0) is 56.8. The molecule has 14 aromatic rings. The Morgan fingerprint density at radius 3 is 1.20 bits per heavy atom. The summed E-state index contributed by atoms with van der Waals surface area (Å²) in [6, 6.07) is 111. The second-order valence-electron chi connectivity index (χ2n) is 23.1. The molecule has 0 aliphatic carbocycles. The summed E-state index contributed by atoms with van der Waals surface area (Å²) in [6.07, 6.45) is 0. The van der Waals surface area contributed by atoms with Crippen molar-refractivity contribution in [3.63, 3.8) is 0 Å². The molecule has 0 atom stereocenters. The SMILES string of the molecule is c1ccc(N(c2ccccc2)c2ccc3c(c2)N(c2ccccc2)c2cc4c5c6c2B3c2cccc3c2N6c2c(cc6oc7ccccc7c6c2B5c2ccc(N(c5ccccc5)c5ccccc5)cc2N4c2ccccc2)N3c2ccccc2)cc1. The summed E-state index contributed by atoms with van der Waals surface area (Å²) >= 11 is 0. The Morgan fingerprint density at radius 2 is 0.690 bits per heavy atom. The fraction of sp³-hybridized carbons (Fsp3) is 0. The third-order valence-electron chi connectivity index (χ3n) is 18.6. The summed E-state index contributed by atoms with van der Waals surface area (Å²) in [7, 11) is 0. The van der Waals surface area contributed by atoms with Crippen molar-refractivity contribution in [1.29, 1.82) is 0 Å². The summed E-state index contributed by atoms with van der Waals surface area (Å²) in [5.41, 5.74) is 29.4. The highest BCUT2D eigenvalue weighted by Crippen LogP contribution is 2.60. The van der Waals surface area contributed by atoms with Crippen LogP contribution < -0.4 is 62.2 Å². The first kappa shape index (κ1) is 48.0. The maximum Gasteiger partial charge on any atom is 0.253 e. The highest BCUT2D eigenvalue weighted by atomic mass is 16.3. The molecular formula is C78H50B2N6O. The zero-order valence-corrected chi connectivity index (χ0v) is 47.1. The van der Waals surface area contributed by atoms with Crippen molar-refractivity contribution in [3.05, 3.63) is 303 Å². The van der Waals surface area contributed by atoms with Crippen molar-refractivity contribution in [1.82, 2.24) is 0 Å². The highest BCUT2D eigenvalue weighted by molar-refractivity contribution is 7.06. The lowest BCUT2D eigenvalue weighted by molar-refractivity contribution is 0.669.